The molecule has 0 saturated heterocycles. The van der Waals surface area contributed by atoms with Crippen LogP contribution in [0.5, 0.6) is 0 Å². The van der Waals surface area contributed by atoms with E-state index < -0.39 is 0 Å². The second kappa shape index (κ2) is 6.02. The predicted molar refractivity (Wildman–Crippen MR) is 77.5 cm³/mol. The summed E-state index contributed by atoms with van der Waals surface area (Å²) in [6.07, 6.45) is 4.50. The van der Waals surface area contributed by atoms with Crippen LogP contribution < -0.4 is 11.1 Å². The number of nitrogens with one attached hydrogen (secondary N) is 1. The Morgan fingerprint density at radius 1 is 1.42 bits per heavy atom. The number of halogens is 1. The van der Waals surface area contributed by atoms with Gasteiger partial charge >= 0.3 is 0 Å². The SMILES string of the molecule is CC1CCC(NC(C)(CN)Cc2cccc(F)c2)C1. The molecule has 1 aromatic rings. The highest BCUT2D eigenvalue weighted by molar-refractivity contribution is 5.19. The fourth-order valence-electron chi connectivity index (χ4n) is 3.11. The van der Waals surface area contributed by atoms with Crippen molar-refractivity contribution >= 4 is 0 Å². The Morgan fingerprint density at radius 2 is 2.21 bits per heavy atom. The smallest absolute Gasteiger partial charge is 0.123 e. The molecule has 19 heavy (non-hydrogen) atoms. The molecular weight excluding hydrogens is 239 g/mol. The minimum Gasteiger partial charge on any atom is -0.329 e. The fourth-order valence-corrected chi connectivity index (χ4v) is 3.11. The zero-order valence-electron chi connectivity index (χ0n) is 12.0. The average Bonchev–Trinajstić information content (AvgIpc) is 2.74. The average molecular weight is 264 g/mol. The van der Waals surface area contributed by atoms with Gasteiger partial charge in [-0.15, -0.1) is 0 Å². The Kier molecular flexibility index (Phi) is 4.58. The zero-order valence-corrected chi connectivity index (χ0v) is 12.0. The van der Waals surface area contributed by atoms with E-state index in [0.29, 0.717) is 12.6 Å². The summed E-state index contributed by atoms with van der Waals surface area (Å²) in [7, 11) is 0. The predicted octanol–water partition coefficient (Wildman–Crippen LogP) is 2.86. The molecule has 0 aliphatic heterocycles. The van der Waals surface area contributed by atoms with Crippen molar-refractivity contribution in [2.24, 2.45) is 11.7 Å². The van der Waals surface area contributed by atoms with Gasteiger partial charge in [0.05, 0.1) is 0 Å². The third-order valence-corrected chi connectivity index (χ3v) is 4.18. The molecule has 0 aromatic heterocycles. The Hall–Kier alpha value is -0.930. The minimum atomic E-state index is -0.175. The first-order valence-electron chi connectivity index (χ1n) is 7.23. The lowest BCUT2D eigenvalue weighted by Gasteiger charge is -2.33. The van der Waals surface area contributed by atoms with Crippen LogP contribution in [-0.2, 0) is 6.42 Å². The summed E-state index contributed by atoms with van der Waals surface area (Å²) >= 11 is 0. The van der Waals surface area contributed by atoms with Crippen LogP contribution in [0.25, 0.3) is 0 Å². The van der Waals surface area contributed by atoms with E-state index in [-0.39, 0.29) is 11.4 Å². The highest BCUT2D eigenvalue weighted by Gasteiger charge is 2.30. The summed E-state index contributed by atoms with van der Waals surface area (Å²) in [6.45, 7) is 5.00. The van der Waals surface area contributed by atoms with Crippen molar-refractivity contribution in [1.82, 2.24) is 5.32 Å². The lowest BCUT2D eigenvalue weighted by molar-refractivity contribution is 0.310. The van der Waals surface area contributed by atoms with Gasteiger partial charge in [-0.25, -0.2) is 4.39 Å². The first-order chi connectivity index (χ1) is 9.00. The van der Waals surface area contributed by atoms with Crippen molar-refractivity contribution in [3.8, 4) is 0 Å². The largest absolute Gasteiger partial charge is 0.329 e. The molecular formula is C16H25FN2. The van der Waals surface area contributed by atoms with Crippen molar-refractivity contribution in [3.05, 3.63) is 35.6 Å². The standard InChI is InChI=1S/C16H25FN2/c1-12-6-7-15(8-12)19-16(2,11-18)10-13-4-3-5-14(17)9-13/h3-5,9,12,15,19H,6-8,10-11,18H2,1-2H3. The molecule has 106 valence electrons. The Balaban J connectivity index is 2.01. The van der Waals surface area contributed by atoms with Gasteiger partial charge in [0.25, 0.3) is 0 Å². The van der Waals surface area contributed by atoms with E-state index in [1.54, 1.807) is 12.1 Å². The third kappa shape index (κ3) is 4.02. The number of rotatable bonds is 5. The fraction of sp³-hybridized carbons (Fsp3) is 0.625. The molecule has 2 nitrogen and oxygen atoms in total. The lowest BCUT2D eigenvalue weighted by Crippen LogP contribution is -2.54. The molecule has 3 N–H and O–H groups in total. The molecule has 1 fully saturated rings. The molecule has 1 aliphatic rings. The Labute approximate surface area is 115 Å². The number of nitrogens with two attached hydrogens (primary N) is 1. The summed E-state index contributed by atoms with van der Waals surface area (Å²) in [5, 5.41) is 3.69. The van der Waals surface area contributed by atoms with Crippen LogP contribution >= 0.6 is 0 Å². The van der Waals surface area contributed by atoms with Crippen LogP contribution in [0.15, 0.2) is 24.3 Å². The van der Waals surface area contributed by atoms with Gasteiger partial charge in [-0.2, -0.15) is 0 Å². The maximum Gasteiger partial charge on any atom is 0.123 e. The summed E-state index contributed by atoms with van der Waals surface area (Å²) in [4.78, 5) is 0. The van der Waals surface area contributed by atoms with E-state index in [2.05, 4.69) is 19.2 Å². The van der Waals surface area contributed by atoms with E-state index in [1.165, 1.54) is 25.3 Å². The van der Waals surface area contributed by atoms with Crippen LogP contribution in [-0.4, -0.2) is 18.1 Å². The molecule has 3 heteroatoms. The van der Waals surface area contributed by atoms with Crippen LogP contribution in [0.4, 0.5) is 4.39 Å². The second-order valence-corrected chi connectivity index (χ2v) is 6.33. The van der Waals surface area contributed by atoms with E-state index in [1.807, 2.05) is 6.07 Å². The monoisotopic (exact) mass is 264 g/mol. The molecule has 2 rings (SSSR count). The van der Waals surface area contributed by atoms with E-state index in [0.717, 1.165) is 17.9 Å². The second-order valence-electron chi connectivity index (χ2n) is 6.33. The minimum absolute atomic E-state index is 0.150. The quantitative estimate of drug-likeness (QED) is 0.858. The summed E-state index contributed by atoms with van der Waals surface area (Å²) in [5.74, 6) is 0.625. The Bertz CT molecular complexity index is 421. The highest BCUT2D eigenvalue weighted by atomic mass is 19.1. The molecule has 1 saturated carbocycles. The third-order valence-electron chi connectivity index (χ3n) is 4.18. The van der Waals surface area contributed by atoms with Gasteiger partial charge in [0.15, 0.2) is 0 Å². The maximum atomic E-state index is 13.3. The van der Waals surface area contributed by atoms with Crippen LogP contribution in [0.1, 0.15) is 38.7 Å². The van der Waals surface area contributed by atoms with Gasteiger partial charge in [-0.3, -0.25) is 0 Å². The van der Waals surface area contributed by atoms with Crippen molar-refractivity contribution < 1.29 is 4.39 Å². The molecule has 0 radical (unpaired) electrons. The topological polar surface area (TPSA) is 38.0 Å². The molecule has 0 heterocycles. The zero-order chi connectivity index (χ0) is 13.9. The van der Waals surface area contributed by atoms with Gasteiger partial charge in [0.1, 0.15) is 5.82 Å². The molecule has 0 bridgehead atoms. The molecule has 1 aliphatic carbocycles. The van der Waals surface area contributed by atoms with Crippen LogP contribution in [0, 0.1) is 11.7 Å². The maximum absolute atomic E-state index is 13.3. The molecule has 3 unspecified atom stereocenters. The van der Waals surface area contributed by atoms with E-state index in [9.17, 15) is 4.39 Å². The summed E-state index contributed by atoms with van der Waals surface area (Å²) in [6, 6.07) is 7.37. The van der Waals surface area contributed by atoms with Crippen LogP contribution in [0.3, 0.4) is 0 Å². The van der Waals surface area contributed by atoms with Gasteiger partial charge in [0.2, 0.25) is 0 Å². The lowest BCUT2D eigenvalue weighted by atomic mass is 9.91. The van der Waals surface area contributed by atoms with Gasteiger partial charge in [0, 0.05) is 18.1 Å². The molecule has 3 atom stereocenters. The van der Waals surface area contributed by atoms with E-state index >= 15 is 0 Å². The number of benzene rings is 1. The van der Waals surface area contributed by atoms with Crippen LogP contribution in [0.2, 0.25) is 0 Å². The van der Waals surface area contributed by atoms with E-state index in [4.69, 9.17) is 5.73 Å². The van der Waals surface area contributed by atoms with Crippen molar-refractivity contribution in [3.63, 3.8) is 0 Å². The Morgan fingerprint density at radius 3 is 2.79 bits per heavy atom. The molecule has 0 amide bonds. The highest BCUT2D eigenvalue weighted by Crippen LogP contribution is 2.27. The number of hydrogen-bond donors (Lipinski definition) is 2. The van der Waals surface area contributed by atoms with Gasteiger partial charge in [-0.05, 0) is 56.2 Å². The normalized spacial score (nSPS) is 26.3. The summed E-state index contributed by atoms with van der Waals surface area (Å²) < 4.78 is 13.3. The first-order valence-corrected chi connectivity index (χ1v) is 7.23. The molecule has 0 spiro atoms. The van der Waals surface area contributed by atoms with Crippen molar-refractivity contribution in [2.45, 2.75) is 51.1 Å². The number of hydrogen-bond acceptors (Lipinski definition) is 2. The van der Waals surface area contributed by atoms with Gasteiger partial charge < -0.3 is 11.1 Å². The van der Waals surface area contributed by atoms with Gasteiger partial charge in [-0.1, -0.05) is 19.1 Å². The van der Waals surface area contributed by atoms with Crippen molar-refractivity contribution in [1.29, 1.82) is 0 Å². The molecule has 1 aromatic carbocycles. The van der Waals surface area contributed by atoms with Crippen molar-refractivity contribution in [2.75, 3.05) is 6.54 Å². The first kappa shape index (κ1) is 14.5. The summed E-state index contributed by atoms with van der Waals surface area (Å²) in [5.41, 5.74) is 6.81.